The van der Waals surface area contributed by atoms with Crippen molar-refractivity contribution in [2.24, 2.45) is 0 Å². The van der Waals surface area contributed by atoms with E-state index in [1.54, 1.807) is 20.9 Å². The normalized spacial score (nSPS) is 10.1. The van der Waals surface area contributed by atoms with Crippen molar-refractivity contribution in [3.05, 3.63) is 11.1 Å². The summed E-state index contributed by atoms with van der Waals surface area (Å²) in [6.45, 7) is 3.50. The average molecular weight is 177 g/mol. The van der Waals surface area contributed by atoms with Crippen LogP contribution < -0.4 is 10.8 Å². The van der Waals surface area contributed by atoms with Crippen LogP contribution in [0.15, 0.2) is 0 Å². The Balaban J connectivity index is 3.56. The first-order valence-electron chi connectivity index (χ1n) is 3.99. The molecule has 68 valence electrons. The van der Waals surface area contributed by atoms with E-state index in [1.807, 2.05) is 0 Å². The van der Waals surface area contributed by atoms with E-state index in [-0.39, 0.29) is 17.0 Å². The molecule has 0 fully saturated rings. The van der Waals surface area contributed by atoms with E-state index in [4.69, 9.17) is 7.85 Å². The number of aromatic hydroxyl groups is 2. The van der Waals surface area contributed by atoms with Gasteiger partial charge in [-0.15, -0.1) is 0 Å². The lowest BCUT2D eigenvalue weighted by Crippen LogP contribution is -2.12. The van der Waals surface area contributed by atoms with Gasteiger partial charge in [-0.25, -0.2) is 0 Å². The Morgan fingerprint density at radius 1 is 1.08 bits per heavy atom. The molecule has 0 atom stereocenters. The number of hydrogen-bond donors (Lipinski definition) is 3. The molecule has 1 aromatic carbocycles. The van der Waals surface area contributed by atoms with Crippen LogP contribution in [-0.2, 0) is 0 Å². The maximum atomic E-state index is 9.45. The highest BCUT2D eigenvalue weighted by Gasteiger charge is 2.14. The minimum Gasteiger partial charge on any atom is -0.505 e. The Kier molecular flexibility index (Phi) is 2.41. The predicted molar refractivity (Wildman–Crippen MR) is 54.2 cm³/mol. The van der Waals surface area contributed by atoms with Crippen LogP contribution in [0.2, 0.25) is 0 Å². The van der Waals surface area contributed by atoms with Crippen molar-refractivity contribution in [2.45, 2.75) is 13.8 Å². The summed E-state index contributed by atoms with van der Waals surface area (Å²) in [5.74, 6) is -0.401. The molecule has 1 rings (SSSR count). The molecule has 3 nitrogen and oxygen atoms in total. The molecular weight excluding hydrogens is 165 g/mol. The molecule has 1 aromatic rings. The molecule has 4 heteroatoms. The third kappa shape index (κ3) is 1.32. The first kappa shape index (κ1) is 9.77. The summed E-state index contributed by atoms with van der Waals surface area (Å²) in [6.07, 6.45) is 0. The van der Waals surface area contributed by atoms with E-state index in [9.17, 15) is 10.2 Å². The third-order valence-electron chi connectivity index (χ3n) is 2.24. The highest BCUT2D eigenvalue weighted by Crippen LogP contribution is 2.33. The van der Waals surface area contributed by atoms with Crippen molar-refractivity contribution in [1.82, 2.24) is 0 Å². The lowest BCUT2D eigenvalue weighted by atomic mass is 9.87. The fraction of sp³-hybridized carbons (Fsp3) is 0.333. The molecular formula is C9H12BNO2. The van der Waals surface area contributed by atoms with Gasteiger partial charge in [0, 0.05) is 18.3 Å². The van der Waals surface area contributed by atoms with Crippen molar-refractivity contribution >= 4 is 19.0 Å². The zero-order chi connectivity index (χ0) is 10.2. The zero-order valence-electron chi connectivity index (χ0n) is 7.97. The lowest BCUT2D eigenvalue weighted by Gasteiger charge is -2.15. The van der Waals surface area contributed by atoms with Gasteiger partial charge in [-0.1, -0.05) is 0 Å². The summed E-state index contributed by atoms with van der Waals surface area (Å²) in [5.41, 5.74) is 2.32. The maximum Gasteiger partial charge on any atom is 0.161 e. The number of nitrogens with one attached hydrogen (secondary N) is 1. The fourth-order valence-electron chi connectivity index (χ4n) is 1.39. The number of rotatable bonds is 1. The molecule has 0 heterocycles. The Morgan fingerprint density at radius 2 is 1.62 bits per heavy atom. The molecule has 0 aliphatic heterocycles. The van der Waals surface area contributed by atoms with Gasteiger partial charge in [0.05, 0.1) is 0 Å². The minimum atomic E-state index is -0.242. The molecule has 0 saturated carbocycles. The Bertz CT molecular complexity index is 321. The van der Waals surface area contributed by atoms with Crippen molar-refractivity contribution in [3.63, 3.8) is 0 Å². The Labute approximate surface area is 78.8 Å². The number of anilines is 1. The van der Waals surface area contributed by atoms with E-state index in [1.165, 1.54) is 0 Å². The maximum absolute atomic E-state index is 9.45. The summed E-state index contributed by atoms with van der Waals surface area (Å²) in [5, 5.41) is 21.8. The van der Waals surface area contributed by atoms with Crippen molar-refractivity contribution in [3.8, 4) is 11.5 Å². The summed E-state index contributed by atoms with van der Waals surface area (Å²) in [6, 6.07) is 0. The summed E-state index contributed by atoms with van der Waals surface area (Å²) in [7, 11) is 7.32. The monoisotopic (exact) mass is 177 g/mol. The van der Waals surface area contributed by atoms with Crippen LogP contribution in [0.25, 0.3) is 0 Å². The van der Waals surface area contributed by atoms with Gasteiger partial charge >= 0.3 is 0 Å². The molecule has 0 aliphatic carbocycles. The van der Waals surface area contributed by atoms with Crippen LogP contribution in [0.5, 0.6) is 11.5 Å². The SMILES string of the molecule is [B]c1c(C)c(NC)c(C)c(O)c1O. The largest absolute Gasteiger partial charge is 0.505 e. The second-order valence-corrected chi connectivity index (χ2v) is 2.99. The smallest absolute Gasteiger partial charge is 0.161 e. The molecule has 0 aromatic heterocycles. The minimum absolute atomic E-state index is 0.160. The molecule has 0 amide bonds. The quantitative estimate of drug-likeness (QED) is 0.333. The number of phenolic OH excluding ortho intramolecular Hbond substituents is 2. The fourth-order valence-corrected chi connectivity index (χ4v) is 1.39. The van der Waals surface area contributed by atoms with E-state index in [2.05, 4.69) is 5.32 Å². The van der Waals surface area contributed by atoms with Gasteiger partial charge in [-0.05, 0) is 24.9 Å². The standard InChI is InChI=1S/C9H12BNO2/c1-4-6(10)9(13)8(12)5(2)7(4)11-3/h11-13H,1-3H3. The van der Waals surface area contributed by atoms with Crippen molar-refractivity contribution in [1.29, 1.82) is 0 Å². The van der Waals surface area contributed by atoms with Gasteiger partial charge in [-0.3, -0.25) is 0 Å². The number of benzene rings is 1. The first-order valence-corrected chi connectivity index (χ1v) is 3.99. The highest BCUT2D eigenvalue weighted by atomic mass is 16.3. The highest BCUT2D eigenvalue weighted by molar-refractivity contribution is 6.36. The predicted octanol–water partition coefficient (Wildman–Crippen LogP) is 0.550. The average Bonchev–Trinajstić information content (AvgIpc) is 2.13. The van der Waals surface area contributed by atoms with E-state index in [0.29, 0.717) is 5.56 Å². The molecule has 0 saturated heterocycles. The summed E-state index contributed by atoms with van der Waals surface area (Å²) in [4.78, 5) is 0. The summed E-state index contributed by atoms with van der Waals surface area (Å²) < 4.78 is 0. The van der Waals surface area contributed by atoms with Crippen LogP contribution in [0.1, 0.15) is 11.1 Å². The molecule has 0 unspecified atom stereocenters. The number of hydrogen-bond acceptors (Lipinski definition) is 3. The molecule has 3 N–H and O–H groups in total. The molecule has 0 aliphatic rings. The first-order chi connectivity index (χ1) is 6.00. The topological polar surface area (TPSA) is 52.5 Å². The van der Waals surface area contributed by atoms with Crippen LogP contribution >= 0.6 is 0 Å². The Morgan fingerprint density at radius 3 is 2.08 bits per heavy atom. The number of phenols is 2. The molecule has 13 heavy (non-hydrogen) atoms. The lowest BCUT2D eigenvalue weighted by molar-refractivity contribution is 0.404. The van der Waals surface area contributed by atoms with Crippen molar-refractivity contribution in [2.75, 3.05) is 12.4 Å². The van der Waals surface area contributed by atoms with Gasteiger partial charge in [0.2, 0.25) is 0 Å². The molecule has 2 radical (unpaired) electrons. The molecule has 0 bridgehead atoms. The van der Waals surface area contributed by atoms with E-state index >= 15 is 0 Å². The van der Waals surface area contributed by atoms with E-state index in [0.717, 1.165) is 11.3 Å². The zero-order valence-corrected chi connectivity index (χ0v) is 7.97. The van der Waals surface area contributed by atoms with Crippen LogP contribution in [0, 0.1) is 13.8 Å². The van der Waals surface area contributed by atoms with Crippen molar-refractivity contribution < 1.29 is 10.2 Å². The second-order valence-electron chi connectivity index (χ2n) is 2.99. The van der Waals surface area contributed by atoms with Crippen LogP contribution in [-0.4, -0.2) is 25.1 Å². The van der Waals surface area contributed by atoms with Gasteiger partial charge < -0.3 is 15.5 Å². The van der Waals surface area contributed by atoms with Gasteiger partial charge in [0.25, 0.3) is 0 Å². The molecule has 0 spiro atoms. The van der Waals surface area contributed by atoms with Crippen LogP contribution in [0.3, 0.4) is 0 Å². The summed E-state index contributed by atoms with van der Waals surface area (Å²) >= 11 is 0. The van der Waals surface area contributed by atoms with Gasteiger partial charge in [0.1, 0.15) is 7.85 Å². The van der Waals surface area contributed by atoms with Gasteiger partial charge in [0.15, 0.2) is 11.5 Å². The Hall–Kier alpha value is -1.32. The van der Waals surface area contributed by atoms with Crippen LogP contribution in [0.4, 0.5) is 5.69 Å². The van der Waals surface area contributed by atoms with Gasteiger partial charge in [-0.2, -0.15) is 0 Å². The third-order valence-corrected chi connectivity index (χ3v) is 2.24. The second kappa shape index (κ2) is 3.20. The van der Waals surface area contributed by atoms with E-state index < -0.39 is 0 Å².